The van der Waals surface area contributed by atoms with Crippen LogP contribution in [0.2, 0.25) is 0 Å². The van der Waals surface area contributed by atoms with Crippen molar-refractivity contribution < 1.29 is 14.3 Å². The highest BCUT2D eigenvalue weighted by Crippen LogP contribution is 2.21. The lowest BCUT2D eigenvalue weighted by Gasteiger charge is -2.14. The number of carbonyl (C=O) groups excluding carboxylic acids is 2. The maximum Gasteiger partial charge on any atom is 0.357 e. The number of ether oxygens (including phenoxy) is 1. The van der Waals surface area contributed by atoms with Crippen molar-refractivity contribution in [2.45, 2.75) is 13.5 Å². The lowest BCUT2D eigenvalue weighted by molar-refractivity contribution is -0.118. The fourth-order valence-electron chi connectivity index (χ4n) is 2.35. The zero-order chi connectivity index (χ0) is 17.1. The Hall–Kier alpha value is -2.67. The maximum absolute atomic E-state index is 12.5. The monoisotopic (exact) mass is 343 g/mol. The van der Waals surface area contributed by atoms with E-state index in [2.05, 4.69) is 4.98 Å². The smallest absolute Gasteiger partial charge is 0.357 e. The molecule has 3 aromatic rings. The number of amides is 1. The second kappa shape index (κ2) is 6.84. The summed E-state index contributed by atoms with van der Waals surface area (Å²) in [7, 11) is 1.65. The molecule has 7 heteroatoms. The molecule has 0 N–H and O–H groups in total. The summed E-state index contributed by atoms with van der Waals surface area (Å²) in [5.41, 5.74) is 1.23. The van der Waals surface area contributed by atoms with Gasteiger partial charge in [-0.25, -0.2) is 9.78 Å². The summed E-state index contributed by atoms with van der Waals surface area (Å²) in [6.45, 7) is 2.24. The Balaban J connectivity index is 1.74. The first-order chi connectivity index (χ1) is 11.6. The van der Waals surface area contributed by atoms with Gasteiger partial charge in [0.15, 0.2) is 10.8 Å². The Morgan fingerprint density at radius 2 is 2.08 bits per heavy atom. The summed E-state index contributed by atoms with van der Waals surface area (Å²) < 4.78 is 6.81. The summed E-state index contributed by atoms with van der Waals surface area (Å²) in [6, 6.07) is 9.87. The van der Waals surface area contributed by atoms with E-state index in [4.69, 9.17) is 4.74 Å². The van der Waals surface area contributed by atoms with Crippen LogP contribution in [-0.2, 0) is 16.1 Å². The van der Waals surface area contributed by atoms with Crippen molar-refractivity contribution >= 4 is 39.2 Å². The van der Waals surface area contributed by atoms with Gasteiger partial charge < -0.3 is 9.30 Å². The molecule has 0 unspecified atom stereocenters. The van der Waals surface area contributed by atoms with E-state index >= 15 is 0 Å². The average Bonchev–Trinajstić information content (AvgIpc) is 3.22. The van der Waals surface area contributed by atoms with Crippen LogP contribution in [-0.4, -0.2) is 35.1 Å². The van der Waals surface area contributed by atoms with Crippen molar-refractivity contribution in [1.82, 2.24) is 9.55 Å². The van der Waals surface area contributed by atoms with Crippen LogP contribution in [0.1, 0.15) is 17.4 Å². The number of hydrogen-bond acceptors (Lipinski definition) is 5. The lowest BCUT2D eigenvalue weighted by Crippen LogP contribution is -2.29. The molecular formula is C17H17N3O3S. The Labute approximate surface area is 143 Å². The number of rotatable bonds is 5. The van der Waals surface area contributed by atoms with Gasteiger partial charge in [0.05, 0.1) is 6.61 Å². The zero-order valence-electron chi connectivity index (χ0n) is 13.4. The van der Waals surface area contributed by atoms with Crippen LogP contribution in [0.4, 0.5) is 5.13 Å². The van der Waals surface area contributed by atoms with E-state index in [0.717, 1.165) is 10.9 Å². The molecule has 0 spiro atoms. The third kappa shape index (κ3) is 3.16. The summed E-state index contributed by atoms with van der Waals surface area (Å²) in [6.07, 6.45) is 1.89. The van der Waals surface area contributed by atoms with E-state index in [9.17, 15) is 9.59 Å². The van der Waals surface area contributed by atoms with Crippen LogP contribution in [0.5, 0.6) is 0 Å². The van der Waals surface area contributed by atoms with Gasteiger partial charge in [0.2, 0.25) is 5.91 Å². The third-order valence-corrected chi connectivity index (χ3v) is 4.54. The molecule has 0 aliphatic rings. The minimum Gasteiger partial charge on any atom is -0.461 e. The van der Waals surface area contributed by atoms with Crippen molar-refractivity contribution in [2.24, 2.45) is 0 Å². The number of hydrogen-bond donors (Lipinski definition) is 0. The summed E-state index contributed by atoms with van der Waals surface area (Å²) in [5.74, 6) is -0.585. The van der Waals surface area contributed by atoms with Crippen LogP contribution >= 0.6 is 11.3 Å². The summed E-state index contributed by atoms with van der Waals surface area (Å²) in [5, 5.41) is 3.16. The molecule has 0 aliphatic carbocycles. The highest BCUT2D eigenvalue weighted by molar-refractivity contribution is 7.14. The minimum atomic E-state index is -0.475. The van der Waals surface area contributed by atoms with E-state index in [0.29, 0.717) is 11.7 Å². The van der Waals surface area contributed by atoms with Gasteiger partial charge in [0.25, 0.3) is 0 Å². The van der Waals surface area contributed by atoms with Gasteiger partial charge >= 0.3 is 5.97 Å². The Bertz CT molecular complexity index is 884. The first-order valence-electron chi connectivity index (χ1n) is 7.53. The van der Waals surface area contributed by atoms with Crippen molar-refractivity contribution in [2.75, 3.05) is 18.6 Å². The van der Waals surface area contributed by atoms with Gasteiger partial charge in [-0.05, 0) is 24.4 Å². The molecule has 0 atom stereocenters. The normalized spacial score (nSPS) is 10.8. The number of aromatic nitrogens is 2. The van der Waals surface area contributed by atoms with Crippen LogP contribution in [0, 0.1) is 0 Å². The molecule has 124 valence electrons. The highest BCUT2D eigenvalue weighted by atomic mass is 32.1. The van der Waals surface area contributed by atoms with E-state index in [1.807, 2.05) is 41.1 Å². The van der Waals surface area contributed by atoms with Gasteiger partial charge in [-0.2, -0.15) is 0 Å². The predicted octanol–water partition coefficient (Wildman–Crippen LogP) is 2.94. The van der Waals surface area contributed by atoms with Crippen molar-refractivity contribution in [3.63, 3.8) is 0 Å². The first-order valence-corrected chi connectivity index (χ1v) is 8.41. The second-order valence-electron chi connectivity index (χ2n) is 5.19. The molecule has 1 amide bonds. The fraction of sp³-hybridized carbons (Fsp3) is 0.235. The number of para-hydroxylation sites is 1. The van der Waals surface area contributed by atoms with Crippen LogP contribution in [0.25, 0.3) is 10.9 Å². The van der Waals surface area contributed by atoms with Crippen LogP contribution in [0.3, 0.4) is 0 Å². The highest BCUT2D eigenvalue weighted by Gasteiger charge is 2.18. The summed E-state index contributed by atoms with van der Waals surface area (Å²) in [4.78, 5) is 29.8. The van der Waals surface area contributed by atoms with Gasteiger partial charge in [-0.3, -0.25) is 9.69 Å². The van der Waals surface area contributed by atoms with Crippen molar-refractivity contribution in [3.8, 4) is 0 Å². The van der Waals surface area contributed by atoms with E-state index < -0.39 is 5.97 Å². The Morgan fingerprint density at radius 3 is 2.88 bits per heavy atom. The number of benzene rings is 1. The molecule has 0 radical (unpaired) electrons. The molecule has 0 aliphatic heterocycles. The second-order valence-corrected chi connectivity index (χ2v) is 6.03. The minimum absolute atomic E-state index is 0.110. The third-order valence-electron chi connectivity index (χ3n) is 3.62. The number of thiazole rings is 1. The molecule has 1 aromatic carbocycles. The summed E-state index contributed by atoms with van der Waals surface area (Å²) >= 11 is 1.24. The average molecular weight is 343 g/mol. The van der Waals surface area contributed by atoms with Gasteiger partial charge in [0, 0.05) is 24.1 Å². The standard InChI is InChI=1S/C17H17N3O3S/c1-3-23-16(22)13-11-24-17(18-13)19(2)15(21)10-20-9-8-12-6-4-5-7-14(12)20/h4-9,11H,3,10H2,1-2H3. The fourth-order valence-corrected chi connectivity index (χ4v) is 3.13. The Morgan fingerprint density at radius 1 is 1.29 bits per heavy atom. The SMILES string of the molecule is CCOC(=O)c1csc(N(C)C(=O)Cn2ccc3ccccc32)n1. The zero-order valence-corrected chi connectivity index (χ0v) is 14.2. The van der Waals surface area contributed by atoms with E-state index in [-0.39, 0.29) is 18.1 Å². The lowest BCUT2D eigenvalue weighted by atomic mass is 10.2. The number of nitrogens with zero attached hydrogens (tertiary/aromatic N) is 3. The predicted molar refractivity (Wildman–Crippen MR) is 93.4 cm³/mol. The van der Waals surface area contributed by atoms with Crippen molar-refractivity contribution in [1.29, 1.82) is 0 Å². The first kappa shape index (κ1) is 16.2. The van der Waals surface area contributed by atoms with Gasteiger partial charge in [-0.15, -0.1) is 11.3 Å². The largest absolute Gasteiger partial charge is 0.461 e. The molecule has 3 rings (SSSR count). The molecule has 0 bridgehead atoms. The van der Waals surface area contributed by atoms with Gasteiger partial charge in [-0.1, -0.05) is 18.2 Å². The molecule has 6 nitrogen and oxygen atoms in total. The molecule has 0 fully saturated rings. The van der Waals surface area contributed by atoms with E-state index in [1.54, 1.807) is 19.4 Å². The molecule has 0 saturated carbocycles. The number of anilines is 1. The molecular weight excluding hydrogens is 326 g/mol. The van der Waals surface area contributed by atoms with Crippen LogP contribution < -0.4 is 4.90 Å². The number of carbonyl (C=O) groups is 2. The maximum atomic E-state index is 12.5. The Kier molecular flexibility index (Phi) is 4.61. The number of fused-ring (bicyclic) bond motifs is 1. The number of likely N-dealkylation sites (N-methyl/N-ethyl adjacent to an activating group) is 1. The number of esters is 1. The molecule has 24 heavy (non-hydrogen) atoms. The molecule has 2 heterocycles. The van der Waals surface area contributed by atoms with Crippen molar-refractivity contribution in [3.05, 3.63) is 47.6 Å². The van der Waals surface area contributed by atoms with Gasteiger partial charge in [0.1, 0.15) is 6.54 Å². The quantitative estimate of drug-likeness (QED) is 0.668. The molecule has 0 saturated heterocycles. The van der Waals surface area contributed by atoms with Crippen LogP contribution in [0.15, 0.2) is 41.9 Å². The topological polar surface area (TPSA) is 64.4 Å². The van der Waals surface area contributed by atoms with E-state index in [1.165, 1.54) is 16.2 Å². The molecule has 2 aromatic heterocycles.